The first-order chi connectivity index (χ1) is 7.52. The summed E-state index contributed by atoms with van der Waals surface area (Å²) < 4.78 is 13.4. The lowest BCUT2D eigenvalue weighted by Crippen LogP contribution is -2.37. The van der Waals surface area contributed by atoms with Gasteiger partial charge in [-0.15, -0.1) is 0 Å². The van der Waals surface area contributed by atoms with E-state index in [1.165, 1.54) is 12.1 Å². The minimum atomic E-state index is -0.932. The van der Waals surface area contributed by atoms with Crippen molar-refractivity contribution >= 4 is 23.3 Å². The van der Waals surface area contributed by atoms with Crippen LogP contribution in [-0.4, -0.2) is 24.1 Å². The summed E-state index contributed by atoms with van der Waals surface area (Å²) in [5.74, 6) is -3.29. The molecule has 2 N–H and O–H groups in total. The molecule has 1 aromatic carbocycles. The van der Waals surface area contributed by atoms with Crippen molar-refractivity contribution in [1.82, 2.24) is 0 Å². The molecule has 0 saturated carbocycles. The van der Waals surface area contributed by atoms with Crippen molar-refractivity contribution in [2.24, 2.45) is 5.73 Å². The van der Waals surface area contributed by atoms with Crippen LogP contribution in [0.3, 0.4) is 0 Å². The summed E-state index contributed by atoms with van der Waals surface area (Å²) in [6.45, 7) is -0.501. The fourth-order valence-electron chi connectivity index (χ4n) is 1.62. The Labute approximate surface area is 89.6 Å². The molecule has 82 valence electrons. The Bertz CT molecular complexity index is 513. The Balaban J connectivity index is 2.56. The molecule has 0 aliphatic carbocycles. The smallest absolute Gasteiger partial charge is 0.300 e. The number of primary amides is 1. The largest absolute Gasteiger partial charge is 0.368 e. The molecule has 2 rings (SSSR count). The zero-order valence-corrected chi connectivity index (χ0v) is 8.07. The van der Waals surface area contributed by atoms with Crippen LogP contribution in [0.2, 0.25) is 0 Å². The third-order valence-electron chi connectivity index (χ3n) is 2.25. The van der Waals surface area contributed by atoms with Gasteiger partial charge in [-0.25, -0.2) is 4.39 Å². The number of halogens is 1. The number of hydrogen-bond donors (Lipinski definition) is 1. The van der Waals surface area contributed by atoms with Crippen LogP contribution in [0.1, 0.15) is 10.4 Å². The average Bonchev–Trinajstić information content (AvgIpc) is 2.45. The van der Waals surface area contributed by atoms with Crippen LogP contribution < -0.4 is 10.6 Å². The topological polar surface area (TPSA) is 80.5 Å². The molecular formula is C10H7FN2O3. The fourth-order valence-corrected chi connectivity index (χ4v) is 1.62. The van der Waals surface area contributed by atoms with E-state index in [0.29, 0.717) is 0 Å². The number of hydrogen-bond acceptors (Lipinski definition) is 3. The highest BCUT2D eigenvalue weighted by Gasteiger charge is 2.38. The van der Waals surface area contributed by atoms with E-state index >= 15 is 0 Å². The SMILES string of the molecule is NC(=O)CN1C(=O)C(=O)c2cccc(F)c21. The predicted molar refractivity (Wildman–Crippen MR) is 52.3 cm³/mol. The van der Waals surface area contributed by atoms with E-state index in [9.17, 15) is 18.8 Å². The van der Waals surface area contributed by atoms with E-state index in [4.69, 9.17) is 5.73 Å². The molecule has 0 atom stereocenters. The van der Waals surface area contributed by atoms with Crippen molar-refractivity contribution in [1.29, 1.82) is 0 Å². The summed E-state index contributed by atoms with van der Waals surface area (Å²) >= 11 is 0. The van der Waals surface area contributed by atoms with Gasteiger partial charge in [0.2, 0.25) is 5.91 Å². The van der Waals surface area contributed by atoms with E-state index in [-0.39, 0.29) is 11.3 Å². The Morgan fingerprint density at radius 3 is 2.69 bits per heavy atom. The Morgan fingerprint density at radius 2 is 2.06 bits per heavy atom. The number of carbonyl (C=O) groups is 3. The summed E-state index contributed by atoms with van der Waals surface area (Å²) in [4.78, 5) is 34.4. The first-order valence-electron chi connectivity index (χ1n) is 4.45. The number of nitrogens with two attached hydrogens (primary N) is 1. The fraction of sp³-hybridized carbons (Fsp3) is 0.100. The first kappa shape index (κ1) is 10.3. The lowest BCUT2D eigenvalue weighted by Gasteiger charge is -2.14. The maximum atomic E-state index is 13.4. The van der Waals surface area contributed by atoms with Gasteiger partial charge in [0.05, 0.1) is 11.3 Å². The minimum absolute atomic E-state index is 0.0359. The average molecular weight is 222 g/mol. The normalized spacial score (nSPS) is 14.2. The third-order valence-corrected chi connectivity index (χ3v) is 2.25. The molecule has 0 spiro atoms. The number of para-hydroxylation sites is 1. The Kier molecular flexibility index (Phi) is 2.19. The molecule has 16 heavy (non-hydrogen) atoms. The van der Waals surface area contributed by atoms with Gasteiger partial charge in [-0.05, 0) is 12.1 Å². The van der Waals surface area contributed by atoms with E-state index < -0.39 is 30.0 Å². The van der Waals surface area contributed by atoms with Crippen molar-refractivity contribution in [2.45, 2.75) is 0 Å². The van der Waals surface area contributed by atoms with Gasteiger partial charge in [0.15, 0.2) is 0 Å². The highest BCUT2D eigenvalue weighted by molar-refractivity contribution is 6.52. The highest BCUT2D eigenvalue weighted by Crippen LogP contribution is 2.31. The number of ketones is 1. The minimum Gasteiger partial charge on any atom is -0.368 e. The van der Waals surface area contributed by atoms with E-state index in [2.05, 4.69) is 0 Å². The van der Waals surface area contributed by atoms with E-state index in [1.54, 1.807) is 0 Å². The molecule has 0 bridgehead atoms. The molecule has 0 radical (unpaired) electrons. The third kappa shape index (κ3) is 1.35. The molecule has 1 aliphatic rings. The van der Waals surface area contributed by atoms with Crippen LogP contribution in [0.4, 0.5) is 10.1 Å². The molecule has 1 aromatic rings. The second-order valence-corrected chi connectivity index (χ2v) is 3.32. The number of amides is 2. The van der Waals surface area contributed by atoms with Gasteiger partial charge in [0.25, 0.3) is 11.7 Å². The molecule has 6 heteroatoms. The van der Waals surface area contributed by atoms with Gasteiger partial charge in [-0.3, -0.25) is 19.3 Å². The maximum Gasteiger partial charge on any atom is 0.300 e. The molecule has 5 nitrogen and oxygen atoms in total. The van der Waals surface area contributed by atoms with Crippen LogP contribution in [0.25, 0.3) is 0 Å². The Hall–Kier alpha value is -2.24. The first-order valence-corrected chi connectivity index (χ1v) is 4.45. The summed E-state index contributed by atoms with van der Waals surface area (Å²) in [5.41, 5.74) is 4.71. The number of benzene rings is 1. The number of nitrogens with zero attached hydrogens (tertiary/aromatic N) is 1. The second-order valence-electron chi connectivity index (χ2n) is 3.32. The summed E-state index contributed by atoms with van der Waals surface area (Å²) in [7, 11) is 0. The predicted octanol–water partition coefficient (Wildman–Crippen LogP) is -0.160. The molecule has 1 aliphatic heterocycles. The van der Waals surface area contributed by atoms with Crippen molar-refractivity contribution in [3.63, 3.8) is 0 Å². The van der Waals surface area contributed by atoms with Gasteiger partial charge in [0, 0.05) is 0 Å². The quantitative estimate of drug-likeness (QED) is 0.706. The van der Waals surface area contributed by atoms with Gasteiger partial charge in [-0.1, -0.05) is 6.07 Å². The number of anilines is 1. The zero-order valence-electron chi connectivity index (χ0n) is 8.07. The van der Waals surface area contributed by atoms with Gasteiger partial charge >= 0.3 is 0 Å². The van der Waals surface area contributed by atoms with Crippen LogP contribution in [0.5, 0.6) is 0 Å². The van der Waals surface area contributed by atoms with Crippen LogP contribution in [-0.2, 0) is 9.59 Å². The van der Waals surface area contributed by atoms with Gasteiger partial charge < -0.3 is 5.73 Å². The van der Waals surface area contributed by atoms with E-state index in [1.807, 2.05) is 0 Å². The lowest BCUT2D eigenvalue weighted by molar-refractivity contribution is -0.120. The molecule has 2 amide bonds. The maximum absolute atomic E-state index is 13.4. The van der Waals surface area contributed by atoms with Crippen molar-refractivity contribution < 1.29 is 18.8 Å². The summed E-state index contributed by atoms with van der Waals surface area (Å²) in [6.07, 6.45) is 0. The molecule has 0 saturated heterocycles. The molecule has 1 heterocycles. The van der Waals surface area contributed by atoms with Gasteiger partial charge in [0.1, 0.15) is 12.4 Å². The van der Waals surface area contributed by atoms with Crippen LogP contribution in [0, 0.1) is 5.82 Å². The molecular weight excluding hydrogens is 215 g/mol. The standard InChI is InChI=1S/C10H7FN2O3/c11-6-3-1-2-5-8(6)13(4-7(12)14)10(16)9(5)15/h1-3H,4H2,(H2,12,14). The van der Waals surface area contributed by atoms with Crippen molar-refractivity contribution in [2.75, 3.05) is 11.4 Å². The van der Waals surface area contributed by atoms with Gasteiger partial charge in [-0.2, -0.15) is 0 Å². The zero-order chi connectivity index (χ0) is 11.9. The van der Waals surface area contributed by atoms with Crippen LogP contribution >= 0.6 is 0 Å². The number of Topliss-reactive ketones (excluding diaryl/α,β-unsaturated/α-hetero) is 1. The number of carbonyl (C=O) groups excluding carboxylic acids is 3. The van der Waals surface area contributed by atoms with E-state index in [0.717, 1.165) is 11.0 Å². The van der Waals surface area contributed by atoms with Crippen molar-refractivity contribution in [3.05, 3.63) is 29.6 Å². The lowest BCUT2D eigenvalue weighted by atomic mass is 10.1. The monoisotopic (exact) mass is 222 g/mol. The number of rotatable bonds is 2. The summed E-state index contributed by atoms with van der Waals surface area (Å²) in [6, 6.07) is 3.77. The second kappa shape index (κ2) is 3.41. The van der Waals surface area contributed by atoms with Crippen molar-refractivity contribution in [3.8, 4) is 0 Å². The Morgan fingerprint density at radius 1 is 1.38 bits per heavy atom. The number of fused-ring (bicyclic) bond motifs is 1. The molecule has 0 unspecified atom stereocenters. The van der Waals surface area contributed by atoms with Crippen LogP contribution in [0.15, 0.2) is 18.2 Å². The highest BCUT2D eigenvalue weighted by atomic mass is 19.1. The molecule has 0 aromatic heterocycles. The molecule has 0 fully saturated rings. The summed E-state index contributed by atoms with van der Waals surface area (Å²) in [5, 5.41) is 0.